The SMILES string of the molecule is C=CCOC(=O)c1sc(N2C(=O)C(O)=C(C(=O)c3ccc(C)o3)C2c2ccc(OCCC)c(OCC)c2)nc1C. The summed E-state index contributed by atoms with van der Waals surface area (Å²) in [6.07, 6.45) is 2.23. The maximum absolute atomic E-state index is 13.6. The minimum absolute atomic E-state index is 0.00693. The molecule has 3 aromatic rings. The monoisotopic (exact) mass is 566 g/mol. The van der Waals surface area contributed by atoms with Crippen molar-refractivity contribution in [2.75, 3.05) is 24.7 Å². The molecule has 1 N–H and O–H groups in total. The third-order valence-electron chi connectivity index (χ3n) is 5.97. The lowest BCUT2D eigenvalue weighted by atomic mass is 9.95. The third kappa shape index (κ3) is 5.50. The lowest BCUT2D eigenvalue weighted by molar-refractivity contribution is -0.117. The highest BCUT2D eigenvalue weighted by molar-refractivity contribution is 7.17. The van der Waals surface area contributed by atoms with E-state index in [-0.39, 0.29) is 27.9 Å². The van der Waals surface area contributed by atoms with Gasteiger partial charge in [-0.25, -0.2) is 9.78 Å². The van der Waals surface area contributed by atoms with Gasteiger partial charge < -0.3 is 23.7 Å². The number of aromatic nitrogens is 1. The molecule has 0 saturated heterocycles. The Kier molecular flexibility index (Phi) is 8.73. The summed E-state index contributed by atoms with van der Waals surface area (Å²) >= 11 is 0.919. The second-order valence-electron chi connectivity index (χ2n) is 8.87. The zero-order valence-corrected chi connectivity index (χ0v) is 23.5. The van der Waals surface area contributed by atoms with E-state index in [9.17, 15) is 19.5 Å². The number of ether oxygens (including phenoxy) is 3. The molecule has 1 aliphatic heterocycles. The standard InChI is InChI=1S/C29H30N2O8S/c1-6-13-37-19-12-10-18(15-21(19)36-8-3)23-22(24(32)20-11-9-16(4)39-20)25(33)27(34)31(23)29-30-17(5)26(40-29)28(35)38-14-7-2/h7,9-12,15,23,33H,2,6,8,13-14H2,1,3-5H3. The molecule has 4 rings (SSSR count). The highest BCUT2D eigenvalue weighted by atomic mass is 32.1. The largest absolute Gasteiger partial charge is 0.503 e. The summed E-state index contributed by atoms with van der Waals surface area (Å²) in [4.78, 5) is 45.6. The van der Waals surface area contributed by atoms with E-state index in [1.165, 1.54) is 17.0 Å². The molecule has 2 aromatic heterocycles. The van der Waals surface area contributed by atoms with Gasteiger partial charge in [0.05, 0.1) is 30.5 Å². The van der Waals surface area contributed by atoms with Gasteiger partial charge in [0.1, 0.15) is 17.2 Å². The number of aliphatic hydroxyl groups excluding tert-OH is 1. The molecule has 0 saturated carbocycles. The van der Waals surface area contributed by atoms with Crippen LogP contribution in [0.3, 0.4) is 0 Å². The van der Waals surface area contributed by atoms with E-state index in [1.54, 1.807) is 38.1 Å². The van der Waals surface area contributed by atoms with Crippen LogP contribution >= 0.6 is 11.3 Å². The molecule has 40 heavy (non-hydrogen) atoms. The number of Topliss-reactive ketones (excluding diaryl/α,β-unsaturated/α-hetero) is 1. The third-order valence-corrected chi connectivity index (χ3v) is 7.11. The van der Waals surface area contributed by atoms with Gasteiger partial charge in [0.25, 0.3) is 5.91 Å². The first-order chi connectivity index (χ1) is 19.2. The number of esters is 1. The molecular formula is C29H30N2O8S. The normalized spacial score (nSPS) is 14.9. The molecule has 3 heterocycles. The van der Waals surface area contributed by atoms with Crippen LogP contribution in [0.25, 0.3) is 0 Å². The number of furan rings is 1. The van der Waals surface area contributed by atoms with Crippen LogP contribution in [0.2, 0.25) is 0 Å². The summed E-state index contributed by atoms with van der Waals surface area (Å²) in [5.74, 6) is -1.49. The number of amides is 1. The van der Waals surface area contributed by atoms with Crippen LogP contribution in [0, 0.1) is 13.8 Å². The lowest BCUT2D eigenvalue weighted by Crippen LogP contribution is -2.31. The quantitative estimate of drug-likeness (QED) is 0.168. The van der Waals surface area contributed by atoms with Crippen molar-refractivity contribution in [2.45, 2.75) is 40.2 Å². The number of hydrogen-bond donors (Lipinski definition) is 1. The maximum atomic E-state index is 13.6. The number of anilines is 1. The number of carbonyl (C=O) groups is 3. The summed E-state index contributed by atoms with van der Waals surface area (Å²) in [7, 11) is 0. The Morgan fingerprint density at radius 2 is 1.95 bits per heavy atom. The number of aliphatic hydroxyl groups is 1. The van der Waals surface area contributed by atoms with Crippen LogP contribution in [0.4, 0.5) is 5.13 Å². The van der Waals surface area contributed by atoms with Crippen molar-refractivity contribution < 1.29 is 38.1 Å². The molecule has 0 aliphatic carbocycles. The Morgan fingerprint density at radius 1 is 1.18 bits per heavy atom. The minimum atomic E-state index is -1.10. The second-order valence-corrected chi connectivity index (χ2v) is 9.84. The smallest absolute Gasteiger partial charge is 0.350 e. The molecule has 1 atom stereocenters. The molecule has 0 bridgehead atoms. The van der Waals surface area contributed by atoms with Crippen molar-refractivity contribution in [2.24, 2.45) is 0 Å². The lowest BCUT2D eigenvalue weighted by Gasteiger charge is -2.25. The van der Waals surface area contributed by atoms with E-state index in [2.05, 4.69) is 11.6 Å². The van der Waals surface area contributed by atoms with Gasteiger partial charge in [-0.1, -0.05) is 37.0 Å². The highest BCUT2D eigenvalue weighted by Crippen LogP contribution is 2.45. The predicted molar refractivity (Wildman–Crippen MR) is 148 cm³/mol. The van der Waals surface area contributed by atoms with E-state index < -0.39 is 29.5 Å². The molecule has 210 valence electrons. The van der Waals surface area contributed by atoms with Gasteiger partial charge in [0, 0.05) is 0 Å². The number of benzene rings is 1. The van der Waals surface area contributed by atoms with E-state index in [0.29, 0.717) is 41.7 Å². The fraction of sp³-hybridized carbons (Fsp3) is 0.310. The molecular weight excluding hydrogens is 536 g/mol. The number of ketones is 1. The van der Waals surface area contributed by atoms with Crippen molar-refractivity contribution in [1.29, 1.82) is 0 Å². The van der Waals surface area contributed by atoms with Crippen LogP contribution in [0.1, 0.15) is 63.6 Å². The number of carbonyl (C=O) groups excluding carboxylic acids is 3. The van der Waals surface area contributed by atoms with E-state index in [1.807, 2.05) is 13.8 Å². The zero-order valence-electron chi connectivity index (χ0n) is 22.7. The first-order valence-corrected chi connectivity index (χ1v) is 13.6. The summed E-state index contributed by atoms with van der Waals surface area (Å²) in [6, 6.07) is 7.05. The zero-order chi connectivity index (χ0) is 29.0. The topological polar surface area (TPSA) is 128 Å². The summed E-state index contributed by atoms with van der Waals surface area (Å²) in [6.45, 7) is 11.5. The van der Waals surface area contributed by atoms with E-state index in [4.69, 9.17) is 18.6 Å². The highest BCUT2D eigenvalue weighted by Gasteiger charge is 2.47. The molecule has 10 nitrogen and oxygen atoms in total. The Bertz CT molecular complexity index is 1480. The average molecular weight is 567 g/mol. The van der Waals surface area contributed by atoms with Gasteiger partial charge in [-0.15, -0.1) is 0 Å². The molecule has 1 unspecified atom stereocenters. The van der Waals surface area contributed by atoms with Crippen LogP contribution in [0.15, 0.2) is 58.7 Å². The van der Waals surface area contributed by atoms with Crippen LogP contribution in [0.5, 0.6) is 11.5 Å². The molecule has 1 amide bonds. The Morgan fingerprint density at radius 3 is 2.60 bits per heavy atom. The second kappa shape index (κ2) is 12.2. The van der Waals surface area contributed by atoms with E-state index >= 15 is 0 Å². The minimum Gasteiger partial charge on any atom is -0.503 e. The Hall–Kier alpha value is -4.38. The van der Waals surface area contributed by atoms with E-state index in [0.717, 1.165) is 17.8 Å². The van der Waals surface area contributed by atoms with Gasteiger partial charge in [-0.05, 0) is 57.0 Å². The number of rotatable bonds is 12. The maximum Gasteiger partial charge on any atom is 0.350 e. The number of hydrogen-bond acceptors (Lipinski definition) is 10. The van der Waals surface area contributed by atoms with Gasteiger partial charge >= 0.3 is 5.97 Å². The van der Waals surface area contributed by atoms with Crippen LogP contribution in [-0.4, -0.2) is 47.6 Å². The van der Waals surface area contributed by atoms with Crippen molar-refractivity contribution in [3.8, 4) is 11.5 Å². The van der Waals surface area contributed by atoms with Gasteiger partial charge in [0.15, 0.2) is 28.1 Å². The predicted octanol–water partition coefficient (Wildman–Crippen LogP) is 5.67. The van der Waals surface area contributed by atoms with Gasteiger partial charge in [-0.3, -0.25) is 14.5 Å². The summed E-state index contributed by atoms with van der Waals surface area (Å²) in [5, 5.41) is 11.2. The number of nitrogens with zero attached hydrogens (tertiary/aromatic N) is 2. The van der Waals surface area contributed by atoms with Gasteiger partial charge in [-0.2, -0.15) is 0 Å². The van der Waals surface area contributed by atoms with Crippen LogP contribution in [-0.2, 0) is 9.53 Å². The molecule has 11 heteroatoms. The Balaban J connectivity index is 1.86. The molecule has 0 radical (unpaired) electrons. The van der Waals surface area contributed by atoms with Crippen molar-refractivity contribution >= 4 is 34.1 Å². The Labute approximate surface area is 235 Å². The fourth-order valence-corrected chi connectivity index (χ4v) is 5.20. The molecule has 1 aromatic carbocycles. The molecule has 0 fully saturated rings. The van der Waals surface area contributed by atoms with Crippen molar-refractivity contribution in [3.05, 3.63) is 82.0 Å². The fourth-order valence-electron chi connectivity index (χ4n) is 4.21. The molecule has 0 spiro atoms. The first-order valence-electron chi connectivity index (χ1n) is 12.7. The number of aryl methyl sites for hydroxylation is 2. The van der Waals surface area contributed by atoms with Crippen LogP contribution < -0.4 is 14.4 Å². The van der Waals surface area contributed by atoms with Gasteiger partial charge in [0.2, 0.25) is 5.78 Å². The summed E-state index contributed by atoms with van der Waals surface area (Å²) < 4.78 is 22.3. The summed E-state index contributed by atoms with van der Waals surface area (Å²) in [5.41, 5.74) is 0.604. The number of thiazole rings is 1. The molecule has 1 aliphatic rings. The van der Waals surface area contributed by atoms with Crippen molar-refractivity contribution in [3.63, 3.8) is 0 Å². The van der Waals surface area contributed by atoms with Crippen molar-refractivity contribution in [1.82, 2.24) is 4.98 Å². The average Bonchev–Trinajstić information content (AvgIpc) is 3.62. The first kappa shape index (κ1) is 28.6.